The number of rotatable bonds is 9. The lowest BCUT2D eigenvalue weighted by Gasteiger charge is -2.30. The van der Waals surface area contributed by atoms with Gasteiger partial charge in [0.1, 0.15) is 17.2 Å². The zero-order valence-electron chi connectivity index (χ0n) is 24.2. The van der Waals surface area contributed by atoms with Gasteiger partial charge in [-0.05, 0) is 103 Å². The number of carbonyl (C=O) groups is 1. The summed E-state index contributed by atoms with van der Waals surface area (Å²) in [5, 5.41) is 8.88. The predicted octanol–water partition coefficient (Wildman–Crippen LogP) is 7.84. The lowest BCUT2D eigenvalue weighted by molar-refractivity contribution is -0.135. The fraction of sp³-hybridized carbons (Fsp3) is 0.278. The highest BCUT2D eigenvalue weighted by Gasteiger charge is 2.44. The van der Waals surface area contributed by atoms with Crippen LogP contribution in [0.5, 0.6) is 17.2 Å². The molecular weight excluding hydrogens is 524 g/mol. The Morgan fingerprint density at radius 1 is 0.833 bits per heavy atom. The van der Waals surface area contributed by atoms with Gasteiger partial charge in [-0.15, -0.1) is 0 Å². The van der Waals surface area contributed by atoms with Crippen LogP contribution in [0.2, 0.25) is 0 Å². The van der Waals surface area contributed by atoms with Crippen molar-refractivity contribution in [1.82, 2.24) is 5.01 Å². The Morgan fingerprint density at radius 2 is 1.57 bits per heavy atom. The number of benzene rings is 4. The molecule has 6 rings (SSSR count). The van der Waals surface area contributed by atoms with Crippen LogP contribution < -0.4 is 14.2 Å². The first-order chi connectivity index (χ1) is 20.6. The van der Waals surface area contributed by atoms with Crippen LogP contribution >= 0.6 is 0 Å². The number of nitrogens with zero attached hydrogens (tertiary/aromatic N) is 2. The number of allylic oxidation sites excluding steroid dienone is 1. The molecule has 4 aromatic rings. The first kappa shape index (κ1) is 27.6. The summed E-state index contributed by atoms with van der Waals surface area (Å²) in [5.74, 6) is 2.22. The molecule has 2 atom stereocenters. The molecule has 6 nitrogen and oxygen atoms in total. The van der Waals surface area contributed by atoms with E-state index >= 15 is 0 Å². The first-order valence-corrected chi connectivity index (χ1v) is 14.8. The summed E-state index contributed by atoms with van der Waals surface area (Å²) in [6, 6.07) is 30.0. The van der Waals surface area contributed by atoms with E-state index in [1.807, 2.05) is 80.6 Å². The quantitative estimate of drug-likeness (QED) is 0.209. The van der Waals surface area contributed by atoms with E-state index in [9.17, 15) is 4.79 Å². The lowest BCUT2D eigenvalue weighted by Crippen LogP contribution is -2.34. The molecule has 1 heterocycles. The van der Waals surface area contributed by atoms with Gasteiger partial charge in [0.25, 0.3) is 5.91 Å². The van der Waals surface area contributed by atoms with Crippen LogP contribution in [0, 0.1) is 5.92 Å². The smallest absolute Gasteiger partial charge is 0.281 e. The molecule has 0 aromatic heterocycles. The third-order valence-corrected chi connectivity index (χ3v) is 7.86. The monoisotopic (exact) mass is 560 g/mol. The molecule has 1 aliphatic heterocycles. The van der Waals surface area contributed by atoms with E-state index in [2.05, 4.69) is 30.3 Å². The number of amides is 1. The van der Waals surface area contributed by atoms with Gasteiger partial charge in [-0.1, -0.05) is 54.6 Å². The summed E-state index contributed by atoms with van der Waals surface area (Å²) >= 11 is 0. The second kappa shape index (κ2) is 12.5. The molecular formula is C36H36N2O4. The molecule has 1 fully saturated rings. The van der Waals surface area contributed by atoms with Crippen LogP contribution in [0.15, 0.2) is 102 Å². The van der Waals surface area contributed by atoms with Gasteiger partial charge in [-0.25, -0.2) is 5.01 Å². The second-order valence-corrected chi connectivity index (χ2v) is 10.6. The molecule has 0 N–H and O–H groups in total. The Bertz CT molecular complexity index is 1640. The molecule has 2 aliphatic rings. The van der Waals surface area contributed by atoms with Crippen molar-refractivity contribution < 1.29 is 19.0 Å². The van der Waals surface area contributed by atoms with Crippen molar-refractivity contribution in [3.05, 3.63) is 108 Å². The third-order valence-electron chi connectivity index (χ3n) is 7.86. The molecule has 1 saturated carbocycles. The molecule has 42 heavy (non-hydrogen) atoms. The lowest BCUT2D eigenvalue weighted by atomic mass is 9.77. The van der Waals surface area contributed by atoms with Crippen LogP contribution in [0.25, 0.3) is 16.8 Å². The van der Waals surface area contributed by atoms with Crippen molar-refractivity contribution in [2.75, 3.05) is 19.8 Å². The van der Waals surface area contributed by atoms with Gasteiger partial charge in [-0.2, -0.15) is 5.10 Å². The Kier molecular flexibility index (Phi) is 8.22. The molecule has 0 bridgehead atoms. The first-order valence-electron chi connectivity index (χ1n) is 14.8. The van der Waals surface area contributed by atoms with E-state index < -0.39 is 0 Å². The van der Waals surface area contributed by atoms with Gasteiger partial charge in [0.2, 0.25) is 0 Å². The van der Waals surface area contributed by atoms with Crippen molar-refractivity contribution in [1.29, 1.82) is 0 Å². The van der Waals surface area contributed by atoms with Gasteiger partial charge in [0.05, 0.1) is 25.0 Å². The van der Waals surface area contributed by atoms with Gasteiger partial charge in [0, 0.05) is 5.92 Å². The fourth-order valence-corrected chi connectivity index (χ4v) is 6.03. The average molecular weight is 561 g/mol. The average Bonchev–Trinajstić information content (AvgIpc) is 3.41. The molecule has 0 radical (unpaired) electrons. The fourth-order valence-electron chi connectivity index (χ4n) is 6.03. The van der Waals surface area contributed by atoms with E-state index in [1.54, 1.807) is 5.01 Å². The minimum Gasteiger partial charge on any atom is -0.494 e. The Labute approximate surface area is 247 Å². The minimum atomic E-state index is -0.230. The van der Waals surface area contributed by atoms with Crippen molar-refractivity contribution in [2.45, 2.75) is 39.2 Å². The summed E-state index contributed by atoms with van der Waals surface area (Å²) in [5.41, 5.74) is 4.23. The summed E-state index contributed by atoms with van der Waals surface area (Å²) in [4.78, 5) is 13.8. The number of ether oxygens (including phenoxy) is 3. The largest absolute Gasteiger partial charge is 0.494 e. The second-order valence-electron chi connectivity index (χ2n) is 10.6. The van der Waals surface area contributed by atoms with Crippen molar-refractivity contribution in [3.8, 4) is 17.2 Å². The zero-order valence-corrected chi connectivity index (χ0v) is 24.2. The molecule has 4 aromatic carbocycles. The van der Waals surface area contributed by atoms with E-state index in [1.165, 1.54) is 0 Å². The number of fused-ring (bicyclic) bond motifs is 2. The summed E-state index contributed by atoms with van der Waals surface area (Å²) in [6.45, 7) is 5.06. The van der Waals surface area contributed by atoms with Gasteiger partial charge >= 0.3 is 0 Å². The number of hydrogen-bond acceptors (Lipinski definition) is 5. The number of carbonyl (C=O) groups excluding carboxylic acids is 1. The van der Waals surface area contributed by atoms with Crippen molar-refractivity contribution in [3.63, 3.8) is 0 Å². The maximum atomic E-state index is 13.8. The van der Waals surface area contributed by atoms with E-state index in [4.69, 9.17) is 19.3 Å². The van der Waals surface area contributed by atoms with E-state index in [-0.39, 0.29) is 24.5 Å². The van der Waals surface area contributed by atoms with Gasteiger partial charge in [-0.3, -0.25) is 4.79 Å². The normalized spacial score (nSPS) is 19.0. The third kappa shape index (κ3) is 5.89. The number of hydrazone groups is 1. The van der Waals surface area contributed by atoms with Crippen LogP contribution in [0.3, 0.4) is 0 Å². The van der Waals surface area contributed by atoms with Crippen LogP contribution in [-0.2, 0) is 4.79 Å². The Hall–Kier alpha value is -4.58. The summed E-state index contributed by atoms with van der Waals surface area (Å²) < 4.78 is 17.6. The molecule has 6 heteroatoms. The number of hydrogen-bond donors (Lipinski definition) is 0. The van der Waals surface area contributed by atoms with Crippen LogP contribution in [0.1, 0.15) is 50.3 Å². The maximum Gasteiger partial charge on any atom is 0.281 e. The molecule has 1 amide bonds. The molecule has 0 spiro atoms. The van der Waals surface area contributed by atoms with E-state index in [0.717, 1.165) is 63.9 Å². The van der Waals surface area contributed by atoms with Crippen molar-refractivity contribution in [2.24, 2.45) is 11.0 Å². The molecule has 2 unspecified atom stereocenters. The molecule has 0 saturated heterocycles. The highest BCUT2D eigenvalue weighted by molar-refractivity contribution is 6.08. The summed E-state index contributed by atoms with van der Waals surface area (Å²) in [7, 11) is 0. The SMILES string of the molecule is CCOc1cccc(C=C2CCCC3C2=NN(C(=O)COc2ccc4ccccc4c2)C3c2cccc(OCC)c2)c1. The van der Waals surface area contributed by atoms with Crippen molar-refractivity contribution >= 4 is 28.5 Å². The van der Waals surface area contributed by atoms with E-state index in [0.29, 0.717) is 19.0 Å². The predicted molar refractivity (Wildman–Crippen MR) is 167 cm³/mol. The zero-order chi connectivity index (χ0) is 28.9. The topological polar surface area (TPSA) is 60.4 Å². The Balaban J connectivity index is 1.31. The van der Waals surface area contributed by atoms with Gasteiger partial charge < -0.3 is 14.2 Å². The Morgan fingerprint density at radius 3 is 2.38 bits per heavy atom. The molecule has 1 aliphatic carbocycles. The van der Waals surface area contributed by atoms with Crippen LogP contribution in [0.4, 0.5) is 0 Å². The maximum absolute atomic E-state index is 13.8. The highest BCUT2D eigenvalue weighted by Crippen LogP contribution is 2.45. The highest BCUT2D eigenvalue weighted by atomic mass is 16.5. The molecule has 214 valence electrons. The summed E-state index contributed by atoms with van der Waals surface area (Å²) in [6.07, 6.45) is 5.09. The van der Waals surface area contributed by atoms with Gasteiger partial charge in [0.15, 0.2) is 6.61 Å². The van der Waals surface area contributed by atoms with Crippen LogP contribution in [-0.4, -0.2) is 36.4 Å². The standard InChI is InChI=1S/C36H36N2O4/c1-3-40-30-15-7-10-25(21-30)20-28-13-9-17-33-35(28)37-38(36(33)29-14-8-16-31(23-29)41-4-2)34(39)24-42-32-19-18-26-11-5-6-12-27(26)22-32/h5-8,10-12,14-16,18-23,33,36H,3-4,9,13,17,24H2,1-2H3. The minimum absolute atomic E-state index is 0.0848.